The van der Waals surface area contributed by atoms with E-state index in [1.54, 1.807) is 0 Å². The molecule has 2 rings (SSSR count). The van der Waals surface area contributed by atoms with E-state index in [1.165, 1.54) is 25.8 Å². The molecular formula is C9H16N4. The van der Waals surface area contributed by atoms with E-state index in [4.69, 9.17) is 5.53 Å². The van der Waals surface area contributed by atoms with Crippen molar-refractivity contribution in [3.05, 3.63) is 10.4 Å². The first-order valence-corrected chi connectivity index (χ1v) is 5.15. The number of fused-ring (bicyclic) bond motifs is 2. The van der Waals surface area contributed by atoms with Gasteiger partial charge >= 0.3 is 0 Å². The van der Waals surface area contributed by atoms with Crippen LogP contribution < -0.4 is 0 Å². The fraction of sp³-hybridized carbons (Fsp3) is 1.00. The molecule has 2 aliphatic rings. The van der Waals surface area contributed by atoms with Crippen LogP contribution in [0, 0.1) is 5.92 Å². The second-order valence-electron chi connectivity index (χ2n) is 4.14. The number of hydrogen-bond donors (Lipinski definition) is 0. The lowest BCUT2D eigenvalue weighted by Crippen LogP contribution is -2.33. The zero-order valence-electron chi connectivity index (χ0n) is 7.89. The third-order valence-electron chi connectivity index (χ3n) is 3.29. The highest BCUT2D eigenvalue weighted by atomic mass is 15.2. The zero-order valence-corrected chi connectivity index (χ0v) is 7.89. The Hall–Kier alpha value is -0.730. The molecule has 4 nitrogen and oxygen atoms in total. The summed E-state index contributed by atoms with van der Waals surface area (Å²) in [5, 5.41) is 3.55. The predicted octanol–water partition coefficient (Wildman–Crippen LogP) is 2.17. The molecule has 0 aromatic carbocycles. The fourth-order valence-electron chi connectivity index (χ4n) is 2.69. The van der Waals surface area contributed by atoms with Crippen LogP contribution >= 0.6 is 0 Å². The highest BCUT2D eigenvalue weighted by Gasteiger charge is 2.36. The van der Waals surface area contributed by atoms with Gasteiger partial charge in [-0.25, -0.2) is 0 Å². The van der Waals surface area contributed by atoms with Crippen LogP contribution in [0.2, 0.25) is 0 Å². The molecule has 0 aromatic heterocycles. The minimum absolute atomic E-state index is 0.657. The molecule has 72 valence electrons. The molecule has 0 spiro atoms. The maximum Gasteiger partial charge on any atom is 0.0270 e. The SMILES string of the molecule is [N-]=[N+]=NCCCN1CC2CCC1C2. The van der Waals surface area contributed by atoms with Crippen LogP contribution in [0.15, 0.2) is 5.11 Å². The van der Waals surface area contributed by atoms with Gasteiger partial charge in [-0.1, -0.05) is 5.11 Å². The van der Waals surface area contributed by atoms with Crippen LogP contribution in [0.5, 0.6) is 0 Å². The van der Waals surface area contributed by atoms with Gasteiger partial charge in [0.2, 0.25) is 0 Å². The second kappa shape index (κ2) is 3.99. The van der Waals surface area contributed by atoms with Gasteiger partial charge in [-0.15, -0.1) is 0 Å². The first-order valence-electron chi connectivity index (χ1n) is 5.15. The second-order valence-corrected chi connectivity index (χ2v) is 4.14. The molecule has 0 aromatic rings. The quantitative estimate of drug-likeness (QED) is 0.283. The van der Waals surface area contributed by atoms with E-state index in [0.29, 0.717) is 6.54 Å². The van der Waals surface area contributed by atoms with E-state index in [-0.39, 0.29) is 0 Å². The predicted molar refractivity (Wildman–Crippen MR) is 51.3 cm³/mol. The van der Waals surface area contributed by atoms with Gasteiger partial charge in [-0.2, -0.15) is 0 Å². The Kier molecular flexibility index (Phi) is 2.71. The van der Waals surface area contributed by atoms with Crippen molar-refractivity contribution in [1.29, 1.82) is 0 Å². The van der Waals surface area contributed by atoms with E-state index < -0.39 is 0 Å². The molecule has 1 aliphatic heterocycles. The summed E-state index contributed by atoms with van der Waals surface area (Å²) in [7, 11) is 0. The minimum atomic E-state index is 0.657. The lowest BCUT2D eigenvalue weighted by Gasteiger charge is -2.26. The molecule has 0 amide bonds. The highest BCUT2D eigenvalue weighted by molar-refractivity contribution is 4.91. The summed E-state index contributed by atoms with van der Waals surface area (Å²) in [5.41, 5.74) is 8.11. The molecule has 1 aliphatic carbocycles. The summed E-state index contributed by atoms with van der Waals surface area (Å²) in [4.78, 5) is 5.32. The van der Waals surface area contributed by atoms with Crippen LogP contribution in [0.3, 0.4) is 0 Å². The van der Waals surface area contributed by atoms with Crippen molar-refractivity contribution in [3.63, 3.8) is 0 Å². The average Bonchev–Trinajstić information content (AvgIpc) is 2.73. The van der Waals surface area contributed by atoms with Crippen LogP contribution in [0.1, 0.15) is 25.7 Å². The number of piperidine rings is 1. The van der Waals surface area contributed by atoms with Gasteiger partial charge in [0.1, 0.15) is 0 Å². The molecule has 2 fully saturated rings. The smallest absolute Gasteiger partial charge is 0.0270 e. The highest BCUT2D eigenvalue weighted by Crippen LogP contribution is 2.37. The molecule has 0 N–H and O–H groups in total. The van der Waals surface area contributed by atoms with Crippen molar-refractivity contribution in [1.82, 2.24) is 4.90 Å². The molecule has 1 saturated carbocycles. The zero-order chi connectivity index (χ0) is 9.10. The van der Waals surface area contributed by atoms with Crippen molar-refractivity contribution >= 4 is 0 Å². The van der Waals surface area contributed by atoms with Crippen molar-refractivity contribution in [2.75, 3.05) is 19.6 Å². The largest absolute Gasteiger partial charge is 0.300 e. The Labute approximate surface area is 78.5 Å². The van der Waals surface area contributed by atoms with Crippen molar-refractivity contribution < 1.29 is 0 Å². The monoisotopic (exact) mass is 180 g/mol. The Morgan fingerprint density at radius 1 is 1.46 bits per heavy atom. The van der Waals surface area contributed by atoms with Gasteiger partial charge in [0.05, 0.1) is 0 Å². The number of likely N-dealkylation sites (tertiary alicyclic amines) is 1. The van der Waals surface area contributed by atoms with E-state index in [1.807, 2.05) is 0 Å². The molecule has 0 radical (unpaired) electrons. The Balaban J connectivity index is 1.68. The summed E-state index contributed by atoms with van der Waals surface area (Å²) in [5.74, 6) is 0.976. The van der Waals surface area contributed by atoms with Crippen LogP contribution in [0.25, 0.3) is 10.4 Å². The van der Waals surface area contributed by atoms with Gasteiger partial charge in [0, 0.05) is 24.0 Å². The van der Waals surface area contributed by atoms with Crippen LogP contribution in [0.4, 0.5) is 0 Å². The Morgan fingerprint density at radius 3 is 3.00 bits per heavy atom. The molecule has 2 unspecified atom stereocenters. The van der Waals surface area contributed by atoms with Crippen molar-refractivity contribution in [2.24, 2.45) is 11.0 Å². The van der Waals surface area contributed by atoms with Gasteiger partial charge in [0.25, 0.3) is 0 Å². The van der Waals surface area contributed by atoms with Crippen LogP contribution in [-0.2, 0) is 0 Å². The summed E-state index contributed by atoms with van der Waals surface area (Å²) < 4.78 is 0. The fourth-order valence-corrected chi connectivity index (χ4v) is 2.69. The Morgan fingerprint density at radius 2 is 2.38 bits per heavy atom. The minimum Gasteiger partial charge on any atom is -0.300 e. The van der Waals surface area contributed by atoms with Crippen LogP contribution in [-0.4, -0.2) is 30.6 Å². The summed E-state index contributed by atoms with van der Waals surface area (Å²) in [6.45, 7) is 3.07. The Bertz CT molecular complexity index is 222. The van der Waals surface area contributed by atoms with Gasteiger partial charge in [-0.05, 0) is 43.7 Å². The molecule has 4 heteroatoms. The van der Waals surface area contributed by atoms with E-state index in [0.717, 1.165) is 24.9 Å². The lowest BCUT2D eigenvalue weighted by molar-refractivity contribution is 0.212. The molecule has 2 atom stereocenters. The third-order valence-corrected chi connectivity index (χ3v) is 3.29. The molecule has 2 bridgehead atoms. The van der Waals surface area contributed by atoms with E-state index in [2.05, 4.69) is 14.9 Å². The van der Waals surface area contributed by atoms with Gasteiger partial charge < -0.3 is 4.90 Å². The summed E-state index contributed by atoms with van der Waals surface area (Å²) in [6, 6.07) is 0.857. The molecular weight excluding hydrogens is 164 g/mol. The maximum atomic E-state index is 8.11. The van der Waals surface area contributed by atoms with E-state index >= 15 is 0 Å². The number of nitrogens with zero attached hydrogens (tertiary/aromatic N) is 4. The van der Waals surface area contributed by atoms with Gasteiger partial charge in [-0.3, -0.25) is 0 Å². The topological polar surface area (TPSA) is 52.0 Å². The molecule has 13 heavy (non-hydrogen) atoms. The lowest BCUT2D eigenvalue weighted by atomic mass is 10.1. The number of rotatable bonds is 4. The van der Waals surface area contributed by atoms with Crippen molar-refractivity contribution in [2.45, 2.75) is 31.7 Å². The summed E-state index contributed by atoms with van der Waals surface area (Å²) >= 11 is 0. The molecule has 1 saturated heterocycles. The van der Waals surface area contributed by atoms with E-state index in [9.17, 15) is 0 Å². The van der Waals surface area contributed by atoms with Gasteiger partial charge in [0.15, 0.2) is 0 Å². The van der Waals surface area contributed by atoms with Crippen molar-refractivity contribution in [3.8, 4) is 0 Å². The maximum absolute atomic E-state index is 8.11. The number of hydrogen-bond acceptors (Lipinski definition) is 2. The average molecular weight is 180 g/mol. The first kappa shape index (κ1) is 8.85. The third kappa shape index (κ3) is 1.95. The summed E-state index contributed by atoms with van der Waals surface area (Å²) in [6.07, 6.45) is 5.28. The normalized spacial score (nSPS) is 32.0. The molecule has 1 heterocycles. The standard InChI is InChI=1S/C9H16N4/c10-12-11-4-1-5-13-7-8-2-3-9(13)6-8/h8-9H,1-7H2. The first-order chi connectivity index (χ1) is 6.40. The number of azide groups is 1.